The predicted molar refractivity (Wildman–Crippen MR) is 51.4 cm³/mol. The number of aliphatic carboxylic acids is 1. The van der Waals surface area contributed by atoms with E-state index in [2.05, 4.69) is 10.2 Å². The van der Waals surface area contributed by atoms with Crippen LogP contribution in [0.1, 0.15) is 13.8 Å². The molecule has 0 saturated carbocycles. The van der Waals surface area contributed by atoms with E-state index in [1.54, 1.807) is 0 Å². The Hall–Kier alpha value is -0.650. The van der Waals surface area contributed by atoms with Gasteiger partial charge in [0.1, 0.15) is 0 Å². The summed E-state index contributed by atoms with van der Waals surface area (Å²) in [6.07, 6.45) is 0.229. The van der Waals surface area contributed by atoms with E-state index in [1.165, 1.54) is 0 Å². The van der Waals surface area contributed by atoms with E-state index in [0.717, 1.165) is 33.1 Å². The number of hydrogen-bond acceptors (Lipinski definition) is 4. The van der Waals surface area contributed by atoms with Gasteiger partial charge in [-0.1, -0.05) is 0 Å². The van der Waals surface area contributed by atoms with Gasteiger partial charge in [0.25, 0.3) is 5.97 Å². The first-order valence-corrected chi connectivity index (χ1v) is 4.44. The smallest absolute Gasteiger partial charge is 0.300 e. The highest BCUT2D eigenvalue weighted by molar-refractivity contribution is 5.62. The molecule has 5 heteroatoms. The lowest BCUT2D eigenvalue weighted by Gasteiger charge is -2.30. The quantitative estimate of drug-likeness (QED) is 0.508. The zero-order valence-corrected chi connectivity index (χ0v) is 8.29. The van der Waals surface area contributed by atoms with Gasteiger partial charge in [-0.3, -0.25) is 9.69 Å². The normalized spacial score (nSPS) is 19.9. The van der Waals surface area contributed by atoms with E-state index in [0.29, 0.717) is 0 Å². The minimum atomic E-state index is -0.833. The Labute approximate surface area is 78.9 Å². The first-order valence-electron chi connectivity index (χ1n) is 4.44. The molecule has 0 aliphatic carbocycles. The molecule has 0 spiro atoms. The van der Waals surface area contributed by atoms with Crippen molar-refractivity contribution in [2.45, 2.75) is 20.0 Å². The summed E-state index contributed by atoms with van der Waals surface area (Å²) >= 11 is 0. The van der Waals surface area contributed by atoms with E-state index in [1.807, 2.05) is 6.92 Å². The first kappa shape index (κ1) is 12.3. The van der Waals surface area contributed by atoms with Gasteiger partial charge in [-0.2, -0.15) is 0 Å². The lowest BCUT2D eigenvalue weighted by atomic mass is 10.3. The second-order valence-corrected chi connectivity index (χ2v) is 3.05. The van der Waals surface area contributed by atoms with Gasteiger partial charge < -0.3 is 16.2 Å². The fourth-order valence-electron chi connectivity index (χ4n) is 1.09. The van der Waals surface area contributed by atoms with Crippen molar-refractivity contribution >= 4 is 5.97 Å². The second kappa shape index (κ2) is 6.82. The van der Waals surface area contributed by atoms with Crippen molar-refractivity contribution in [2.75, 3.05) is 26.2 Å². The molecule has 1 atom stereocenters. The summed E-state index contributed by atoms with van der Waals surface area (Å²) in [7, 11) is 0. The Balaban J connectivity index is 0.000000310. The molecule has 0 aromatic rings. The number of piperazine rings is 1. The van der Waals surface area contributed by atoms with Crippen LogP contribution >= 0.6 is 0 Å². The standard InChI is InChI=1S/C6H15N3.C2H4O2/c1-6(7)9-4-2-8-3-5-9;1-2(3)4/h6,8H,2-5,7H2,1H3;1H3,(H,3,4). The zero-order valence-electron chi connectivity index (χ0n) is 8.29. The van der Waals surface area contributed by atoms with E-state index >= 15 is 0 Å². The van der Waals surface area contributed by atoms with Gasteiger partial charge >= 0.3 is 0 Å². The van der Waals surface area contributed by atoms with Crippen molar-refractivity contribution in [1.29, 1.82) is 0 Å². The molecule has 0 aromatic heterocycles. The third kappa shape index (κ3) is 7.70. The highest BCUT2D eigenvalue weighted by Gasteiger charge is 2.11. The van der Waals surface area contributed by atoms with E-state index in [-0.39, 0.29) is 6.17 Å². The number of hydrogen-bond donors (Lipinski definition) is 3. The van der Waals surface area contributed by atoms with Gasteiger partial charge in [0.2, 0.25) is 0 Å². The molecular weight excluding hydrogens is 170 g/mol. The van der Waals surface area contributed by atoms with Crippen LogP contribution < -0.4 is 11.1 Å². The summed E-state index contributed by atoms with van der Waals surface area (Å²) in [6.45, 7) is 7.48. The van der Waals surface area contributed by atoms with Crippen molar-refractivity contribution < 1.29 is 9.90 Å². The van der Waals surface area contributed by atoms with Crippen molar-refractivity contribution in [3.05, 3.63) is 0 Å². The van der Waals surface area contributed by atoms with Crippen molar-refractivity contribution in [1.82, 2.24) is 10.2 Å². The first-order chi connectivity index (χ1) is 6.04. The Morgan fingerprint density at radius 1 is 1.54 bits per heavy atom. The van der Waals surface area contributed by atoms with Crippen LogP contribution in [0.25, 0.3) is 0 Å². The highest BCUT2D eigenvalue weighted by atomic mass is 16.4. The minimum Gasteiger partial charge on any atom is -0.481 e. The molecule has 1 saturated heterocycles. The molecule has 78 valence electrons. The lowest BCUT2D eigenvalue weighted by molar-refractivity contribution is -0.134. The molecule has 0 aromatic carbocycles. The molecule has 1 aliphatic heterocycles. The number of nitrogens with zero attached hydrogens (tertiary/aromatic N) is 1. The molecule has 5 nitrogen and oxygen atoms in total. The van der Waals surface area contributed by atoms with Crippen molar-refractivity contribution in [3.63, 3.8) is 0 Å². The zero-order chi connectivity index (χ0) is 10.3. The molecule has 1 fully saturated rings. The number of carboxylic acids is 1. The summed E-state index contributed by atoms with van der Waals surface area (Å²) in [5.74, 6) is -0.833. The van der Waals surface area contributed by atoms with Gasteiger partial charge in [0, 0.05) is 33.1 Å². The van der Waals surface area contributed by atoms with E-state index in [9.17, 15) is 0 Å². The van der Waals surface area contributed by atoms with Gasteiger partial charge in [-0.25, -0.2) is 0 Å². The van der Waals surface area contributed by atoms with Crippen LogP contribution in [0.15, 0.2) is 0 Å². The third-order valence-corrected chi connectivity index (χ3v) is 1.73. The maximum absolute atomic E-state index is 9.00. The largest absolute Gasteiger partial charge is 0.481 e. The second-order valence-electron chi connectivity index (χ2n) is 3.05. The monoisotopic (exact) mass is 189 g/mol. The van der Waals surface area contributed by atoms with E-state index < -0.39 is 5.97 Å². The molecule has 1 heterocycles. The van der Waals surface area contributed by atoms with Gasteiger partial charge in [-0.05, 0) is 6.92 Å². The van der Waals surface area contributed by atoms with Gasteiger partial charge in [-0.15, -0.1) is 0 Å². The summed E-state index contributed by atoms with van der Waals surface area (Å²) in [5.41, 5.74) is 5.67. The molecule has 0 amide bonds. The third-order valence-electron chi connectivity index (χ3n) is 1.73. The van der Waals surface area contributed by atoms with Crippen LogP contribution in [0.5, 0.6) is 0 Å². The van der Waals surface area contributed by atoms with Crippen LogP contribution in [0.4, 0.5) is 0 Å². The average molecular weight is 189 g/mol. The van der Waals surface area contributed by atoms with Crippen LogP contribution in [0, 0.1) is 0 Å². The lowest BCUT2D eigenvalue weighted by Crippen LogP contribution is -2.50. The van der Waals surface area contributed by atoms with Crippen molar-refractivity contribution in [3.8, 4) is 0 Å². The van der Waals surface area contributed by atoms with Crippen LogP contribution in [0.3, 0.4) is 0 Å². The fraction of sp³-hybridized carbons (Fsp3) is 0.875. The topological polar surface area (TPSA) is 78.6 Å². The predicted octanol–water partition coefficient (Wildman–Crippen LogP) is -0.713. The fourth-order valence-corrected chi connectivity index (χ4v) is 1.09. The molecule has 13 heavy (non-hydrogen) atoms. The number of rotatable bonds is 1. The minimum absolute atomic E-state index is 0.229. The number of nitrogens with two attached hydrogens (primary N) is 1. The Kier molecular flexibility index (Phi) is 6.48. The maximum atomic E-state index is 9.00. The van der Waals surface area contributed by atoms with Crippen LogP contribution in [-0.4, -0.2) is 48.3 Å². The number of carboxylic acid groups (broad SMARTS) is 1. The molecule has 1 unspecified atom stereocenters. The summed E-state index contributed by atoms with van der Waals surface area (Å²) < 4.78 is 0. The van der Waals surface area contributed by atoms with Crippen LogP contribution in [-0.2, 0) is 4.79 Å². The average Bonchev–Trinajstić information content (AvgIpc) is 2.05. The van der Waals surface area contributed by atoms with E-state index in [4.69, 9.17) is 15.6 Å². The number of nitrogens with one attached hydrogen (secondary N) is 1. The molecule has 1 rings (SSSR count). The molecule has 1 aliphatic rings. The van der Waals surface area contributed by atoms with Crippen LogP contribution in [0.2, 0.25) is 0 Å². The van der Waals surface area contributed by atoms with Gasteiger partial charge in [0.15, 0.2) is 0 Å². The Morgan fingerprint density at radius 3 is 2.15 bits per heavy atom. The molecule has 0 bridgehead atoms. The Morgan fingerprint density at radius 2 is 1.92 bits per heavy atom. The molecular formula is C8H19N3O2. The maximum Gasteiger partial charge on any atom is 0.300 e. The number of carbonyl (C=O) groups is 1. The molecule has 0 radical (unpaired) electrons. The summed E-state index contributed by atoms with van der Waals surface area (Å²) in [6, 6.07) is 0. The van der Waals surface area contributed by atoms with Gasteiger partial charge in [0.05, 0.1) is 6.17 Å². The summed E-state index contributed by atoms with van der Waals surface area (Å²) in [5, 5.41) is 10.7. The highest BCUT2D eigenvalue weighted by Crippen LogP contribution is 1.93. The van der Waals surface area contributed by atoms with Crippen molar-refractivity contribution in [2.24, 2.45) is 5.73 Å². The molecule has 4 N–H and O–H groups in total. The summed E-state index contributed by atoms with van der Waals surface area (Å²) in [4.78, 5) is 11.3. The Bertz CT molecular complexity index is 140. The SMILES string of the molecule is CC(=O)O.CC(N)N1CCNCC1.